The molecule has 0 spiro atoms. The van der Waals surface area contributed by atoms with Gasteiger partial charge in [-0.1, -0.05) is 6.07 Å². The second-order valence-electron chi connectivity index (χ2n) is 6.28. The van der Waals surface area contributed by atoms with E-state index in [4.69, 9.17) is 8.83 Å². The molecule has 4 heterocycles. The minimum absolute atomic E-state index is 0.525. The highest BCUT2D eigenvalue weighted by atomic mass is 16.4. The van der Waals surface area contributed by atoms with Crippen molar-refractivity contribution < 1.29 is 8.83 Å². The maximum atomic E-state index is 5.83. The average Bonchev–Trinajstić information content (AvgIpc) is 3.22. The molecule has 0 amide bonds. The Labute approximate surface area is 146 Å². The van der Waals surface area contributed by atoms with Crippen LogP contribution in [0.2, 0.25) is 0 Å². The summed E-state index contributed by atoms with van der Waals surface area (Å²) in [5, 5.41) is 8.35. The molecule has 25 heavy (non-hydrogen) atoms. The molecule has 0 aromatic carbocycles. The predicted octanol–water partition coefficient (Wildman–Crippen LogP) is 2.66. The van der Waals surface area contributed by atoms with Crippen molar-refractivity contribution in [2.75, 3.05) is 31.1 Å². The van der Waals surface area contributed by atoms with Crippen LogP contribution in [0.15, 0.2) is 39.3 Å². The Balaban J connectivity index is 1.37. The molecule has 0 bridgehead atoms. The van der Waals surface area contributed by atoms with Crippen LogP contribution in [0.3, 0.4) is 0 Å². The van der Waals surface area contributed by atoms with E-state index in [0.29, 0.717) is 18.3 Å². The first-order valence-corrected chi connectivity index (χ1v) is 8.47. The Morgan fingerprint density at radius 1 is 1.04 bits per heavy atom. The predicted molar refractivity (Wildman–Crippen MR) is 93.2 cm³/mol. The van der Waals surface area contributed by atoms with Crippen molar-refractivity contribution in [3.8, 4) is 11.5 Å². The van der Waals surface area contributed by atoms with Crippen molar-refractivity contribution in [3.05, 3.63) is 47.9 Å². The summed E-state index contributed by atoms with van der Waals surface area (Å²) in [6, 6.07) is 7.94. The van der Waals surface area contributed by atoms with Crippen LogP contribution < -0.4 is 4.90 Å². The number of anilines is 1. The first-order chi connectivity index (χ1) is 12.2. The van der Waals surface area contributed by atoms with Crippen LogP contribution in [-0.4, -0.2) is 46.3 Å². The summed E-state index contributed by atoms with van der Waals surface area (Å²) in [5.74, 6) is 3.85. The van der Waals surface area contributed by atoms with Crippen molar-refractivity contribution in [2.45, 2.75) is 20.4 Å². The fourth-order valence-corrected chi connectivity index (χ4v) is 3.14. The number of aryl methyl sites for hydroxylation is 2. The van der Waals surface area contributed by atoms with E-state index in [1.807, 2.05) is 38.2 Å². The number of piperazine rings is 1. The average molecular weight is 339 g/mol. The number of pyridine rings is 1. The Morgan fingerprint density at radius 2 is 1.88 bits per heavy atom. The van der Waals surface area contributed by atoms with Crippen molar-refractivity contribution in [1.82, 2.24) is 20.1 Å². The molecule has 1 saturated heterocycles. The van der Waals surface area contributed by atoms with Crippen LogP contribution >= 0.6 is 0 Å². The van der Waals surface area contributed by atoms with Gasteiger partial charge in [0.25, 0.3) is 5.89 Å². The SMILES string of the molecule is Cc1cc(-c2nnc(CN3CCN(c4ccccn4)CC3)o2)c(C)o1. The summed E-state index contributed by atoms with van der Waals surface area (Å²) in [7, 11) is 0. The van der Waals surface area contributed by atoms with Crippen molar-refractivity contribution in [1.29, 1.82) is 0 Å². The third kappa shape index (κ3) is 3.41. The van der Waals surface area contributed by atoms with Crippen LogP contribution in [0.5, 0.6) is 0 Å². The highest BCUT2D eigenvalue weighted by Crippen LogP contribution is 2.25. The van der Waals surface area contributed by atoms with E-state index in [-0.39, 0.29) is 0 Å². The first kappa shape index (κ1) is 15.8. The van der Waals surface area contributed by atoms with E-state index in [9.17, 15) is 0 Å². The lowest BCUT2D eigenvalue weighted by atomic mass is 10.2. The zero-order valence-corrected chi connectivity index (χ0v) is 14.5. The van der Waals surface area contributed by atoms with Crippen molar-refractivity contribution >= 4 is 5.82 Å². The van der Waals surface area contributed by atoms with E-state index >= 15 is 0 Å². The topological polar surface area (TPSA) is 71.4 Å². The summed E-state index contributed by atoms with van der Waals surface area (Å²) < 4.78 is 11.4. The van der Waals surface area contributed by atoms with E-state index in [2.05, 4.69) is 31.0 Å². The standard InChI is InChI=1S/C18H21N5O2/c1-13-11-15(14(2)24-13)18-21-20-17(25-18)12-22-7-9-23(10-8-22)16-5-3-4-6-19-16/h3-6,11H,7-10,12H2,1-2H3. The number of hydrogen-bond acceptors (Lipinski definition) is 7. The van der Waals surface area contributed by atoms with Gasteiger partial charge < -0.3 is 13.7 Å². The third-order valence-electron chi connectivity index (χ3n) is 4.44. The van der Waals surface area contributed by atoms with Gasteiger partial charge in [0.15, 0.2) is 0 Å². The van der Waals surface area contributed by atoms with Gasteiger partial charge in [0.2, 0.25) is 5.89 Å². The molecule has 0 aliphatic carbocycles. The first-order valence-electron chi connectivity index (χ1n) is 8.47. The van der Waals surface area contributed by atoms with Gasteiger partial charge in [-0.2, -0.15) is 0 Å². The summed E-state index contributed by atoms with van der Waals surface area (Å²) in [5.41, 5.74) is 0.872. The molecule has 3 aromatic rings. The van der Waals surface area contributed by atoms with E-state index in [1.54, 1.807) is 0 Å². The number of rotatable bonds is 4. The molecule has 0 unspecified atom stereocenters. The Morgan fingerprint density at radius 3 is 2.56 bits per heavy atom. The zero-order chi connectivity index (χ0) is 17.2. The molecule has 0 saturated carbocycles. The van der Waals surface area contributed by atoms with Gasteiger partial charge in [0.05, 0.1) is 12.1 Å². The zero-order valence-electron chi connectivity index (χ0n) is 14.5. The lowest BCUT2D eigenvalue weighted by Crippen LogP contribution is -2.46. The van der Waals surface area contributed by atoms with Crippen molar-refractivity contribution in [3.63, 3.8) is 0 Å². The lowest BCUT2D eigenvalue weighted by Gasteiger charge is -2.34. The molecular formula is C18H21N5O2. The molecule has 4 rings (SSSR count). The number of furan rings is 1. The summed E-state index contributed by atoms with van der Waals surface area (Å²) in [6.45, 7) is 8.25. The molecule has 0 radical (unpaired) electrons. The quantitative estimate of drug-likeness (QED) is 0.723. The number of hydrogen-bond donors (Lipinski definition) is 0. The van der Waals surface area contributed by atoms with Crippen molar-refractivity contribution in [2.24, 2.45) is 0 Å². The molecule has 1 aliphatic heterocycles. The lowest BCUT2D eigenvalue weighted by molar-refractivity contribution is 0.226. The molecule has 7 heteroatoms. The van der Waals surface area contributed by atoms with Gasteiger partial charge in [0.1, 0.15) is 17.3 Å². The summed E-state index contributed by atoms with van der Waals surface area (Å²) >= 11 is 0. The fourth-order valence-electron chi connectivity index (χ4n) is 3.14. The van der Waals surface area contributed by atoms with E-state index in [1.165, 1.54) is 0 Å². The third-order valence-corrected chi connectivity index (χ3v) is 4.44. The van der Waals surface area contributed by atoms with Gasteiger partial charge in [0, 0.05) is 32.4 Å². The fraction of sp³-hybridized carbons (Fsp3) is 0.389. The minimum atomic E-state index is 0.525. The van der Waals surface area contributed by atoms with Crippen LogP contribution in [0.1, 0.15) is 17.4 Å². The van der Waals surface area contributed by atoms with E-state index in [0.717, 1.165) is 49.1 Å². The monoisotopic (exact) mass is 339 g/mol. The number of aromatic nitrogens is 3. The second-order valence-corrected chi connectivity index (χ2v) is 6.28. The number of nitrogens with zero attached hydrogens (tertiary/aromatic N) is 5. The highest BCUT2D eigenvalue weighted by Gasteiger charge is 2.21. The van der Waals surface area contributed by atoms with Crippen LogP contribution in [-0.2, 0) is 6.54 Å². The molecule has 0 N–H and O–H groups in total. The molecule has 7 nitrogen and oxygen atoms in total. The normalized spacial score (nSPS) is 15.7. The Bertz CT molecular complexity index is 834. The molecule has 1 aliphatic rings. The van der Waals surface area contributed by atoms with Crippen LogP contribution in [0.25, 0.3) is 11.5 Å². The molecule has 3 aromatic heterocycles. The molecule has 130 valence electrons. The summed E-state index contributed by atoms with van der Waals surface area (Å²) in [4.78, 5) is 9.04. The minimum Gasteiger partial charge on any atom is -0.466 e. The van der Waals surface area contributed by atoms with Gasteiger partial charge in [-0.25, -0.2) is 4.98 Å². The van der Waals surface area contributed by atoms with Gasteiger partial charge >= 0.3 is 0 Å². The largest absolute Gasteiger partial charge is 0.466 e. The van der Waals surface area contributed by atoms with Gasteiger partial charge in [-0.15, -0.1) is 10.2 Å². The molecule has 0 atom stereocenters. The molecular weight excluding hydrogens is 318 g/mol. The van der Waals surface area contributed by atoms with E-state index < -0.39 is 0 Å². The van der Waals surface area contributed by atoms with Crippen LogP contribution in [0.4, 0.5) is 5.82 Å². The molecule has 1 fully saturated rings. The summed E-state index contributed by atoms with van der Waals surface area (Å²) in [6.07, 6.45) is 1.83. The highest BCUT2D eigenvalue weighted by molar-refractivity contribution is 5.55. The van der Waals surface area contributed by atoms with Gasteiger partial charge in [-0.05, 0) is 32.0 Å². The Kier molecular flexibility index (Phi) is 4.23. The maximum Gasteiger partial charge on any atom is 0.251 e. The maximum absolute atomic E-state index is 5.83. The van der Waals surface area contributed by atoms with Gasteiger partial charge in [-0.3, -0.25) is 4.90 Å². The smallest absolute Gasteiger partial charge is 0.251 e. The van der Waals surface area contributed by atoms with Crippen LogP contribution in [0, 0.1) is 13.8 Å². The Hall–Kier alpha value is -2.67. The second kappa shape index (κ2) is 6.68.